The third-order valence-corrected chi connectivity index (χ3v) is 6.57. The summed E-state index contributed by atoms with van der Waals surface area (Å²) in [6, 6.07) is 6.42. The van der Waals surface area contributed by atoms with Gasteiger partial charge in [-0.2, -0.15) is 0 Å². The van der Waals surface area contributed by atoms with Crippen molar-refractivity contribution in [2.24, 2.45) is 11.7 Å². The molecule has 0 heterocycles. The zero-order valence-electron chi connectivity index (χ0n) is 14.6. The second kappa shape index (κ2) is 7.30. The van der Waals surface area contributed by atoms with Crippen LogP contribution in [0.3, 0.4) is 0 Å². The molecule has 24 heavy (non-hydrogen) atoms. The van der Waals surface area contributed by atoms with Crippen LogP contribution in [-0.2, 0) is 9.59 Å². The first-order chi connectivity index (χ1) is 11.4. The fraction of sp³-hybridized carbons (Fsp3) is 0.600. The van der Waals surface area contributed by atoms with E-state index in [0.717, 1.165) is 17.2 Å². The van der Waals surface area contributed by atoms with Crippen LogP contribution in [0.1, 0.15) is 75.3 Å². The average Bonchev–Trinajstić information content (AvgIpc) is 3.25. The largest absolute Gasteiger partial charge is 0.369 e. The summed E-state index contributed by atoms with van der Waals surface area (Å²) in [5.74, 6) is 0.498. The average molecular weight is 346 g/mol. The van der Waals surface area contributed by atoms with Crippen molar-refractivity contribution in [2.75, 3.05) is 0 Å². The number of amides is 1. The van der Waals surface area contributed by atoms with E-state index in [9.17, 15) is 9.59 Å². The number of thioether (sulfide) groups is 1. The van der Waals surface area contributed by atoms with E-state index in [4.69, 9.17) is 5.73 Å². The monoisotopic (exact) mass is 345 g/mol. The maximum absolute atomic E-state index is 12.1. The van der Waals surface area contributed by atoms with E-state index in [1.807, 2.05) is 11.8 Å². The van der Waals surface area contributed by atoms with Crippen molar-refractivity contribution >= 4 is 23.5 Å². The van der Waals surface area contributed by atoms with E-state index in [-0.39, 0.29) is 11.8 Å². The lowest BCUT2D eigenvalue weighted by Crippen LogP contribution is -2.23. The number of carbonyl (C=O) groups is 2. The lowest BCUT2D eigenvalue weighted by atomic mass is 9.86. The van der Waals surface area contributed by atoms with Crippen LogP contribution in [-0.4, -0.2) is 16.9 Å². The quantitative estimate of drug-likeness (QED) is 0.797. The Labute approximate surface area is 148 Å². The van der Waals surface area contributed by atoms with Gasteiger partial charge < -0.3 is 5.73 Å². The van der Waals surface area contributed by atoms with Crippen LogP contribution < -0.4 is 5.73 Å². The van der Waals surface area contributed by atoms with Gasteiger partial charge in [0.05, 0.1) is 5.92 Å². The van der Waals surface area contributed by atoms with Crippen LogP contribution in [0, 0.1) is 5.92 Å². The molecule has 0 unspecified atom stereocenters. The van der Waals surface area contributed by atoms with Gasteiger partial charge in [0.25, 0.3) is 0 Å². The SMILES string of the molecule is CC(C)c1cc([C@@H](C[C@H]2CCC(=O)C2)C(N)=O)ccc1SC1CC1. The third kappa shape index (κ3) is 4.21. The number of Topliss-reactive ketones (excluding diaryl/α,β-unsaturated/α-hetero) is 1. The van der Waals surface area contributed by atoms with Crippen LogP contribution in [0.15, 0.2) is 23.1 Å². The highest BCUT2D eigenvalue weighted by molar-refractivity contribution is 8.00. The standard InChI is InChI=1S/C20H27NO2S/c1-12(2)17-11-14(4-8-19(17)24-16-6-7-16)18(20(21)23)10-13-3-5-15(22)9-13/h4,8,11-13,16,18H,3,5-7,9-10H2,1-2H3,(H2,21,23)/t13-,18+/m0/s1. The fourth-order valence-electron chi connectivity index (χ4n) is 3.55. The first-order valence-corrected chi connectivity index (χ1v) is 9.93. The molecular weight excluding hydrogens is 318 g/mol. The molecule has 0 radical (unpaired) electrons. The van der Waals surface area contributed by atoms with Crippen molar-refractivity contribution in [1.29, 1.82) is 0 Å². The maximum atomic E-state index is 12.1. The molecule has 4 heteroatoms. The van der Waals surface area contributed by atoms with Crippen molar-refractivity contribution in [2.45, 2.75) is 74.4 Å². The number of primary amides is 1. The Balaban J connectivity index is 1.82. The number of rotatable bonds is 7. The van der Waals surface area contributed by atoms with E-state index in [0.29, 0.717) is 36.9 Å². The highest BCUT2D eigenvalue weighted by Gasteiger charge is 2.29. The summed E-state index contributed by atoms with van der Waals surface area (Å²) in [5.41, 5.74) is 8.04. The summed E-state index contributed by atoms with van der Waals surface area (Å²) >= 11 is 1.97. The topological polar surface area (TPSA) is 60.2 Å². The van der Waals surface area contributed by atoms with Gasteiger partial charge in [0.15, 0.2) is 0 Å². The minimum atomic E-state index is -0.279. The number of nitrogens with two attached hydrogens (primary N) is 1. The Morgan fingerprint density at radius 3 is 2.58 bits per heavy atom. The van der Waals surface area contributed by atoms with Crippen molar-refractivity contribution < 1.29 is 9.59 Å². The van der Waals surface area contributed by atoms with Crippen molar-refractivity contribution in [1.82, 2.24) is 0 Å². The van der Waals surface area contributed by atoms with Gasteiger partial charge in [-0.1, -0.05) is 26.0 Å². The van der Waals surface area contributed by atoms with Crippen LogP contribution in [0.25, 0.3) is 0 Å². The van der Waals surface area contributed by atoms with Gasteiger partial charge in [-0.3, -0.25) is 9.59 Å². The molecule has 2 aliphatic carbocycles. The third-order valence-electron chi connectivity index (χ3n) is 5.14. The molecular formula is C20H27NO2S. The Bertz CT molecular complexity index is 637. The van der Waals surface area contributed by atoms with E-state index in [2.05, 4.69) is 32.0 Å². The molecule has 2 aliphatic rings. The molecule has 0 spiro atoms. The van der Waals surface area contributed by atoms with Gasteiger partial charge in [-0.15, -0.1) is 11.8 Å². The van der Waals surface area contributed by atoms with E-state index < -0.39 is 0 Å². The minimum absolute atomic E-state index is 0.272. The molecule has 1 amide bonds. The summed E-state index contributed by atoms with van der Waals surface area (Å²) in [7, 11) is 0. The zero-order chi connectivity index (χ0) is 17.3. The molecule has 2 atom stereocenters. The van der Waals surface area contributed by atoms with Crippen LogP contribution in [0.4, 0.5) is 0 Å². The number of hydrogen-bond acceptors (Lipinski definition) is 3. The second-order valence-corrected chi connectivity index (χ2v) is 8.95. The predicted molar refractivity (Wildman–Crippen MR) is 98.3 cm³/mol. The van der Waals surface area contributed by atoms with E-state index in [1.165, 1.54) is 23.3 Å². The van der Waals surface area contributed by atoms with Gasteiger partial charge in [-0.05, 0) is 54.7 Å². The Morgan fingerprint density at radius 2 is 2.04 bits per heavy atom. The van der Waals surface area contributed by atoms with E-state index >= 15 is 0 Å². The molecule has 1 aromatic carbocycles. The molecule has 0 bridgehead atoms. The summed E-state index contributed by atoms with van der Waals surface area (Å²) in [4.78, 5) is 24.9. The smallest absolute Gasteiger partial charge is 0.224 e. The number of ketones is 1. The lowest BCUT2D eigenvalue weighted by molar-refractivity contribution is -0.120. The molecule has 0 aliphatic heterocycles. The molecule has 0 saturated heterocycles. The Hall–Kier alpha value is -1.29. The summed E-state index contributed by atoms with van der Waals surface area (Å²) in [6.45, 7) is 4.40. The predicted octanol–water partition coefficient (Wildman–Crippen LogP) is 4.39. The zero-order valence-corrected chi connectivity index (χ0v) is 15.4. The number of benzene rings is 1. The van der Waals surface area contributed by atoms with Gasteiger partial charge >= 0.3 is 0 Å². The molecule has 2 fully saturated rings. The molecule has 0 aromatic heterocycles. The summed E-state index contributed by atoms with van der Waals surface area (Å²) in [6.07, 6.45) is 5.48. The highest BCUT2D eigenvalue weighted by atomic mass is 32.2. The minimum Gasteiger partial charge on any atom is -0.369 e. The molecule has 2 N–H and O–H groups in total. The van der Waals surface area contributed by atoms with Crippen molar-refractivity contribution in [3.63, 3.8) is 0 Å². The van der Waals surface area contributed by atoms with Gasteiger partial charge in [-0.25, -0.2) is 0 Å². The van der Waals surface area contributed by atoms with Crippen LogP contribution in [0.5, 0.6) is 0 Å². The molecule has 2 saturated carbocycles. The van der Waals surface area contributed by atoms with E-state index in [1.54, 1.807) is 0 Å². The highest BCUT2D eigenvalue weighted by Crippen LogP contribution is 2.43. The first kappa shape index (κ1) is 17.5. The molecule has 3 rings (SSSR count). The summed E-state index contributed by atoms with van der Waals surface area (Å²) < 4.78 is 0. The lowest BCUT2D eigenvalue weighted by Gasteiger charge is -2.21. The van der Waals surface area contributed by atoms with Gasteiger partial charge in [0, 0.05) is 23.0 Å². The van der Waals surface area contributed by atoms with Crippen LogP contribution in [0.2, 0.25) is 0 Å². The van der Waals surface area contributed by atoms with Crippen molar-refractivity contribution in [3.05, 3.63) is 29.3 Å². The first-order valence-electron chi connectivity index (χ1n) is 9.05. The van der Waals surface area contributed by atoms with Gasteiger partial charge in [0.2, 0.25) is 5.91 Å². The van der Waals surface area contributed by atoms with Crippen molar-refractivity contribution in [3.8, 4) is 0 Å². The number of hydrogen-bond donors (Lipinski definition) is 1. The Morgan fingerprint density at radius 1 is 1.29 bits per heavy atom. The summed E-state index contributed by atoms with van der Waals surface area (Å²) in [5, 5.41) is 0.768. The maximum Gasteiger partial charge on any atom is 0.224 e. The Kier molecular flexibility index (Phi) is 5.33. The second-order valence-electron chi connectivity index (χ2n) is 7.61. The molecule has 1 aromatic rings. The fourth-order valence-corrected chi connectivity index (χ4v) is 4.86. The van der Waals surface area contributed by atoms with Crippen LogP contribution >= 0.6 is 11.8 Å². The number of carbonyl (C=O) groups excluding carboxylic acids is 2. The molecule has 130 valence electrons. The normalized spacial score (nSPS) is 22.1. The molecule has 3 nitrogen and oxygen atoms in total. The van der Waals surface area contributed by atoms with Gasteiger partial charge in [0.1, 0.15) is 5.78 Å².